The molecule has 0 aliphatic carbocycles. The molecule has 1 aromatic heterocycles. The number of aromatic hydroxyl groups is 1. The summed E-state index contributed by atoms with van der Waals surface area (Å²) in [5.74, 6) is 0.211. The van der Waals surface area contributed by atoms with E-state index in [0.29, 0.717) is 10.2 Å². The number of thiazole rings is 1. The lowest BCUT2D eigenvalue weighted by atomic mass is 10.2. The molecule has 3 rings (SSSR count). The van der Waals surface area contributed by atoms with E-state index in [2.05, 4.69) is 15.5 Å². The molecule has 4 nitrogen and oxygen atoms in total. The lowest BCUT2D eigenvalue weighted by Gasteiger charge is -1.97. The molecular weight excluding hydrogens is 318 g/mol. The number of hydrogen-bond acceptors (Lipinski definition) is 5. The molecule has 3 aromatic rings. The number of nitrogens with zero attached hydrogens (tertiary/aromatic N) is 2. The van der Waals surface area contributed by atoms with Gasteiger partial charge in [0.1, 0.15) is 5.75 Å². The molecule has 0 atom stereocenters. The van der Waals surface area contributed by atoms with Gasteiger partial charge in [-0.2, -0.15) is 5.10 Å². The Morgan fingerprint density at radius 3 is 2.77 bits per heavy atom. The van der Waals surface area contributed by atoms with Crippen molar-refractivity contribution in [1.29, 1.82) is 0 Å². The molecule has 0 saturated heterocycles. The molecule has 2 aromatic carbocycles. The number of halogens is 1. The third-order valence-electron chi connectivity index (χ3n) is 2.89. The fourth-order valence-electron chi connectivity index (χ4n) is 1.85. The second-order valence-corrected chi connectivity index (χ2v) is 5.80. The highest BCUT2D eigenvalue weighted by molar-refractivity contribution is 7.14. The molecule has 0 fully saturated rings. The topological polar surface area (TPSA) is 57.5 Å². The highest BCUT2D eigenvalue weighted by Gasteiger charge is 2.03. The van der Waals surface area contributed by atoms with Gasteiger partial charge in [0.15, 0.2) is 0 Å². The molecule has 2 N–H and O–H groups in total. The normalized spacial score (nSPS) is 11.0. The number of benzene rings is 2. The van der Waals surface area contributed by atoms with E-state index in [4.69, 9.17) is 11.6 Å². The van der Waals surface area contributed by atoms with E-state index in [0.717, 1.165) is 16.8 Å². The Hall–Kier alpha value is -2.37. The van der Waals surface area contributed by atoms with Crippen molar-refractivity contribution in [3.63, 3.8) is 0 Å². The monoisotopic (exact) mass is 329 g/mol. The van der Waals surface area contributed by atoms with Gasteiger partial charge in [-0.25, -0.2) is 4.98 Å². The Labute approximate surface area is 136 Å². The van der Waals surface area contributed by atoms with Crippen molar-refractivity contribution in [3.8, 4) is 17.0 Å². The van der Waals surface area contributed by atoms with Crippen molar-refractivity contribution in [2.45, 2.75) is 0 Å². The van der Waals surface area contributed by atoms with E-state index in [1.165, 1.54) is 11.3 Å². The minimum Gasteiger partial charge on any atom is -0.508 e. The van der Waals surface area contributed by atoms with Crippen molar-refractivity contribution >= 4 is 34.3 Å². The first kappa shape index (κ1) is 14.6. The average molecular weight is 330 g/mol. The van der Waals surface area contributed by atoms with E-state index < -0.39 is 0 Å². The van der Waals surface area contributed by atoms with Gasteiger partial charge in [-0.1, -0.05) is 35.9 Å². The van der Waals surface area contributed by atoms with E-state index in [9.17, 15) is 5.11 Å². The molecule has 0 spiro atoms. The summed E-state index contributed by atoms with van der Waals surface area (Å²) in [4.78, 5) is 4.46. The van der Waals surface area contributed by atoms with Crippen LogP contribution >= 0.6 is 22.9 Å². The van der Waals surface area contributed by atoms with Crippen LogP contribution in [0.4, 0.5) is 5.13 Å². The maximum atomic E-state index is 9.38. The number of hydrogen-bond donors (Lipinski definition) is 2. The van der Waals surface area contributed by atoms with Crippen LogP contribution in [-0.4, -0.2) is 16.3 Å². The third kappa shape index (κ3) is 3.63. The van der Waals surface area contributed by atoms with Gasteiger partial charge in [-0.05, 0) is 29.8 Å². The number of aromatic nitrogens is 1. The van der Waals surface area contributed by atoms with Gasteiger partial charge < -0.3 is 5.11 Å². The van der Waals surface area contributed by atoms with Crippen LogP contribution in [0.3, 0.4) is 0 Å². The van der Waals surface area contributed by atoms with Gasteiger partial charge in [0.2, 0.25) is 5.13 Å². The molecular formula is C16H12ClN3OS. The standard InChI is InChI=1S/C16H12ClN3OS/c17-13-6-4-12(5-7-13)15-10-22-16(19-15)20-18-9-11-2-1-3-14(21)8-11/h1-10,21H,(H,19,20)/b18-9-. The van der Waals surface area contributed by atoms with Crippen LogP contribution in [0.25, 0.3) is 11.3 Å². The van der Waals surface area contributed by atoms with Crippen LogP contribution in [0, 0.1) is 0 Å². The van der Waals surface area contributed by atoms with E-state index in [1.807, 2.05) is 35.7 Å². The molecule has 1 heterocycles. The highest BCUT2D eigenvalue weighted by atomic mass is 35.5. The summed E-state index contributed by atoms with van der Waals surface area (Å²) in [7, 11) is 0. The van der Waals surface area contributed by atoms with Crippen LogP contribution in [0.5, 0.6) is 5.75 Å². The Bertz CT molecular complexity index is 799. The van der Waals surface area contributed by atoms with Crippen LogP contribution in [0.15, 0.2) is 59.0 Å². The quantitative estimate of drug-likeness (QED) is 0.542. The van der Waals surface area contributed by atoms with Crippen molar-refractivity contribution in [2.75, 3.05) is 5.43 Å². The fourth-order valence-corrected chi connectivity index (χ4v) is 2.64. The van der Waals surface area contributed by atoms with E-state index in [-0.39, 0.29) is 5.75 Å². The zero-order chi connectivity index (χ0) is 15.4. The Kier molecular flexibility index (Phi) is 4.37. The van der Waals surface area contributed by atoms with Crippen LogP contribution in [0.2, 0.25) is 5.02 Å². The molecule has 0 radical (unpaired) electrons. The third-order valence-corrected chi connectivity index (χ3v) is 3.89. The summed E-state index contributed by atoms with van der Waals surface area (Å²) in [6.45, 7) is 0. The summed E-state index contributed by atoms with van der Waals surface area (Å²) < 4.78 is 0. The molecule has 0 unspecified atom stereocenters. The number of hydrazone groups is 1. The largest absolute Gasteiger partial charge is 0.508 e. The number of phenols is 1. The molecule has 110 valence electrons. The van der Waals surface area contributed by atoms with Crippen molar-refractivity contribution in [2.24, 2.45) is 5.10 Å². The molecule has 22 heavy (non-hydrogen) atoms. The minimum absolute atomic E-state index is 0.211. The maximum Gasteiger partial charge on any atom is 0.203 e. The fraction of sp³-hybridized carbons (Fsp3) is 0. The zero-order valence-electron chi connectivity index (χ0n) is 11.4. The number of rotatable bonds is 4. The SMILES string of the molecule is Oc1cccc(/C=N\Nc2nc(-c3ccc(Cl)cc3)cs2)c1. The molecule has 0 saturated carbocycles. The first-order valence-electron chi connectivity index (χ1n) is 6.50. The zero-order valence-corrected chi connectivity index (χ0v) is 13.0. The second-order valence-electron chi connectivity index (χ2n) is 4.51. The summed E-state index contributed by atoms with van der Waals surface area (Å²) >= 11 is 7.34. The second kappa shape index (κ2) is 6.60. The highest BCUT2D eigenvalue weighted by Crippen LogP contribution is 2.25. The molecule has 0 aliphatic heterocycles. The molecule has 0 bridgehead atoms. The summed E-state index contributed by atoms with van der Waals surface area (Å²) in [5, 5.41) is 16.8. The van der Waals surface area contributed by atoms with Gasteiger partial charge in [0, 0.05) is 16.0 Å². The summed E-state index contributed by atoms with van der Waals surface area (Å²) in [6, 6.07) is 14.4. The summed E-state index contributed by atoms with van der Waals surface area (Å²) in [5.41, 5.74) is 5.57. The van der Waals surface area contributed by atoms with Crippen LogP contribution < -0.4 is 5.43 Å². The molecule has 0 amide bonds. The lowest BCUT2D eigenvalue weighted by Crippen LogP contribution is -1.90. The van der Waals surface area contributed by atoms with Gasteiger partial charge in [-0.3, -0.25) is 5.43 Å². The number of anilines is 1. The number of nitrogens with one attached hydrogen (secondary N) is 1. The van der Waals surface area contributed by atoms with E-state index in [1.54, 1.807) is 24.4 Å². The van der Waals surface area contributed by atoms with Gasteiger partial charge in [0.05, 0.1) is 11.9 Å². The smallest absolute Gasteiger partial charge is 0.203 e. The first-order chi connectivity index (χ1) is 10.7. The van der Waals surface area contributed by atoms with Crippen LogP contribution in [-0.2, 0) is 0 Å². The Balaban J connectivity index is 1.68. The predicted molar refractivity (Wildman–Crippen MR) is 91.9 cm³/mol. The van der Waals surface area contributed by atoms with Crippen molar-refractivity contribution in [3.05, 3.63) is 64.5 Å². The summed E-state index contributed by atoms with van der Waals surface area (Å²) in [6.07, 6.45) is 1.63. The number of phenolic OH excluding ortho intramolecular Hbond substituents is 1. The first-order valence-corrected chi connectivity index (χ1v) is 7.76. The lowest BCUT2D eigenvalue weighted by molar-refractivity contribution is 0.475. The molecule has 6 heteroatoms. The average Bonchev–Trinajstić information content (AvgIpc) is 2.97. The van der Waals surface area contributed by atoms with Gasteiger partial charge >= 0.3 is 0 Å². The van der Waals surface area contributed by atoms with Gasteiger partial charge in [-0.15, -0.1) is 11.3 Å². The van der Waals surface area contributed by atoms with Crippen molar-refractivity contribution in [1.82, 2.24) is 4.98 Å². The Morgan fingerprint density at radius 1 is 1.18 bits per heavy atom. The van der Waals surface area contributed by atoms with Gasteiger partial charge in [0.25, 0.3) is 0 Å². The van der Waals surface area contributed by atoms with Crippen LogP contribution in [0.1, 0.15) is 5.56 Å². The predicted octanol–water partition coefficient (Wildman–Crippen LogP) is 4.62. The van der Waals surface area contributed by atoms with E-state index >= 15 is 0 Å². The Morgan fingerprint density at radius 2 is 2.00 bits per heavy atom. The minimum atomic E-state index is 0.211. The molecule has 0 aliphatic rings. The van der Waals surface area contributed by atoms with Crippen molar-refractivity contribution < 1.29 is 5.11 Å². The maximum absolute atomic E-state index is 9.38.